The average molecular weight is 290 g/mol. The highest BCUT2D eigenvalue weighted by Gasteiger charge is 2.53. The number of carbonyl (C=O) groups excluding carboxylic acids is 1. The SMILES string of the molecule is CC1(C)CCC[C@@]2(C)[C@@H]3CC[C@](C)(CCCC[C@H]12)C(=O)C3. The van der Waals surface area contributed by atoms with Crippen molar-refractivity contribution in [2.24, 2.45) is 28.1 Å². The molecule has 4 aliphatic carbocycles. The van der Waals surface area contributed by atoms with Gasteiger partial charge in [-0.25, -0.2) is 0 Å². The van der Waals surface area contributed by atoms with Gasteiger partial charge in [0.25, 0.3) is 0 Å². The molecular weight excluding hydrogens is 256 g/mol. The smallest absolute Gasteiger partial charge is 0.139 e. The molecule has 1 nitrogen and oxygen atoms in total. The summed E-state index contributed by atoms with van der Waals surface area (Å²) in [4.78, 5) is 12.8. The predicted molar refractivity (Wildman–Crippen MR) is 88.2 cm³/mol. The maximum Gasteiger partial charge on any atom is 0.139 e. The van der Waals surface area contributed by atoms with E-state index in [1.165, 1.54) is 44.9 Å². The van der Waals surface area contributed by atoms with Crippen LogP contribution in [0.2, 0.25) is 0 Å². The molecule has 0 aliphatic heterocycles. The molecule has 0 amide bonds. The third kappa shape index (κ3) is 2.49. The van der Waals surface area contributed by atoms with Crippen molar-refractivity contribution >= 4 is 5.78 Å². The number of hydrogen-bond acceptors (Lipinski definition) is 1. The third-order valence-electron chi connectivity index (χ3n) is 7.83. The van der Waals surface area contributed by atoms with E-state index in [1.54, 1.807) is 0 Å². The van der Waals surface area contributed by atoms with Crippen LogP contribution in [0.5, 0.6) is 0 Å². The van der Waals surface area contributed by atoms with Crippen molar-refractivity contribution < 1.29 is 4.79 Å². The van der Waals surface area contributed by atoms with Crippen molar-refractivity contribution in [2.75, 3.05) is 0 Å². The lowest BCUT2D eigenvalue weighted by atomic mass is 9.48. The van der Waals surface area contributed by atoms with Gasteiger partial charge in [-0.15, -0.1) is 0 Å². The van der Waals surface area contributed by atoms with Crippen molar-refractivity contribution in [3.8, 4) is 0 Å². The Kier molecular flexibility index (Phi) is 3.78. The van der Waals surface area contributed by atoms with Crippen LogP contribution in [0, 0.1) is 28.1 Å². The summed E-state index contributed by atoms with van der Waals surface area (Å²) in [6, 6.07) is 0. The summed E-state index contributed by atoms with van der Waals surface area (Å²) in [5, 5.41) is 0. The molecule has 0 N–H and O–H groups in total. The van der Waals surface area contributed by atoms with E-state index in [0.29, 0.717) is 22.5 Å². The Hall–Kier alpha value is -0.330. The Morgan fingerprint density at radius 2 is 1.62 bits per heavy atom. The predicted octanol–water partition coefficient (Wildman–Crippen LogP) is 5.77. The topological polar surface area (TPSA) is 17.1 Å². The largest absolute Gasteiger partial charge is 0.299 e. The van der Waals surface area contributed by atoms with Crippen LogP contribution in [0.4, 0.5) is 0 Å². The second kappa shape index (κ2) is 5.10. The number of carbonyl (C=O) groups is 1. The van der Waals surface area contributed by atoms with Gasteiger partial charge in [0, 0.05) is 11.8 Å². The third-order valence-corrected chi connectivity index (χ3v) is 7.83. The normalized spacial score (nSPS) is 47.0. The summed E-state index contributed by atoms with van der Waals surface area (Å²) in [7, 11) is 0. The first-order valence-electron chi connectivity index (χ1n) is 9.31. The molecule has 4 atom stereocenters. The lowest BCUT2D eigenvalue weighted by molar-refractivity contribution is -0.140. The first-order valence-corrected chi connectivity index (χ1v) is 9.31. The maximum absolute atomic E-state index is 12.8. The Labute approximate surface area is 131 Å². The zero-order valence-corrected chi connectivity index (χ0v) is 14.6. The zero-order valence-electron chi connectivity index (χ0n) is 14.6. The zero-order chi connectivity index (χ0) is 15.3. The van der Waals surface area contributed by atoms with E-state index in [0.717, 1.165) is 25.2 Å². The number of Topliss-reactive ketones (excluding diaryl/α,β-unsaturated/α-hetero) is 1. The fourth-order valence-corrected chi connectivity index (χ4v) is 6.27. The van der Waals surface area contributed by atoms with E-state index in [4.69, 9.17) is 0 Å². The molecule has 2 bridgehead atoms. The molecule has 4 saturated carbocycles. The van der Waals surface area contributed by atoms with Crippen molar-refractivity contribution in [1.82, 2.24) is 0 Å². The van der Waals surface area contributed by atoms with Gasteiger partial charge in [-0.3, -0.25) is 4.79 Å². The molecule has 0 unspecified atom stereocenters. The molecule has 0 aromatic heterocycles. The van der Waals surface area contributed by atoms with E-state index in [1.807, 2.05) is 0 Å². The van der Waals surface area contributed by atoms with E-state index < -0.39 is 0 Å². The lowest BCUT2D eigenvalue weighted by Crippen LogP contribution is -2.50. The van der Waals surface area contributed by atoms with Crippen LogP contribution in [-0.4, -0.2) is 5.78 Å². The highest BCUT2D eigenvalue weighted by atomic mass is 16.1. The minimum Gasteiger partial charge on any atom is -0.299 e. The van der Waals surface area contributed by atoms with Gasteiger partial charge in [0.15, 0.2) is 0 Å². The molecule has 0 spiro atoms. The Morgan fingerprint density at radius 1 is 0.857 bits per heavy atom. The van der Waals surface area contributed by atoms with Crippen molar-refractivity contribution in [1.29, 1.82) is 0 Å². The minimum absolute atomic E-state index is 0.0177. The van der Waals surface area contributed by atoms with Gasteiger partial charge in [-0.2, -0.15) is 0 Å². The van der Waals surface area contributed by atoms with E-state index in [9.17, 15) is 4.79 Å². The standard InChI is InChI=1S/C20H34O/c1-18(2)10-7-12-20(4)15-9-13-19(3,17(21)14-15)11-6-5-8-16(18)20/h15-16H,5-14H2,1-4H3/t15-,16-,19+,20+/m1/s1. The quantitative estimate of drug-likeness (QED) is 0.553. The first-order chi connectivity index (χ1) is 9.78. The number of rotatable bonds is 0. The van der Waals surface area contributed by atoms with Crippen LogP contribution in [-0.2, 0) is 4.79 Å². The molecule has 0 radical (unpaired) electrons. The number of hydrogen-bond donors (Lipinski definition) is 0. The number of ketones is 1. The second-order valence-electron chi connectivity index (χ2n) is 9.57. The molecule has 21 heavy (non-hydrogen) atoms. The summed E-state index contributed by atoms with van der Waals surface area (Å²) in [6.07, 6.45) is 12.6. The van der Waals surface area contributed by atoms with Crippen molar-refractivity contribution in [3.63, 3.8) is 0 Å². The minimum atomic E-state index is 0.0177. The van der Waals surface area contributed by atoms with Gasteiger partial charge in [0.2, 0.25) is 0 Å². The number of fused-ring (bicyclic) bond motifs is 5. The Bertz CT molecular complexity index is 424. The highest BCUT2D eigenvalue weighted by molar-refractivity contribution is 5.85. The molecule has 4 aliphatic rings. The second-order valence-corrected chi connectivity index (χ2v) is 9.57. The van der Waals surface area contributed by atoms with Crippen LogP contribution < -0.4 is 0 Å². The van der Waals surface area contributed by atoms with Crippen LogP contribution in [0.3, 0.4) is 0 Å². The fraction of sp³-hybridized carbons (Fsp3) is 0.950. The molecule has 0 saturated heterocycles. The fourth-order valence-electron chi connectivity index (χ4n) is 6.27. The Morgan fingerprint density at radius 3 is 2.33 bits per heavy atom. The van der Waals surface area contributed by atoms with Crippen LogP contribution in [0.1, 0.15) is 91.9 Å². The van der Waals surface area contributed by atoms with E-state index >= 15 is 0 Å². The van der Waals surface area contributed by atoms with Crippen LogP contribution in [0.15, 0.2) is 0 Å². The molecule has 0 heterocycles. The summed E-state index contributed by atoms with van der Waals surface area (Å²) in [6.45, 7) is 9.78. The molecule has 1 heteroatoms. The molecule has 4 fully saturated rings. The van der Waals surface area contributed by atoms with Gasteiger partial charge in [0.1, 0.15) is 5.78 Å². The highest BCUT2D eigenvalue weighted by Crippen LogP contribution is 2.60. The van der Waals surface area contributed by atoms with Crippen molar-refractivity contribution in [3.05, 3.63) is 0 Å². The summed E-state index contributed by atoms with van der Waals surface area (Å²) < 4.78 is 0. The van der Waals surface area contributed by atoms with Gasteiger partial charge in [-0.05, 0) is 61.2 Å². The van der Waals surface area contributed by atoms with Gasteiger partial charge in [0.05, 0.1) is 0 Å². The molecule has 120 valence electrons. The van der Waals surface area contributed by atoms with Gasteiger partial charge >= 0.3 is 0 Å². The van der Waals surface area contributed by atoms with E-state index in [-0.39, 0.29) is 5.41 Å². The summed E-state index contributed by atoms with van der Waals surface area (Å²) >= 11 is 0. The van der Waals surface area contributed by atoms with Gasteiger partial charge < -0.3 is 0 Å². The van der Waals surface area contributed by atoms with Crippen LogP contribution >= 0.6 is 0 Å². The monoisotopic (exact) mass is 290 g/mol. The molecule has 0 aromatic rings. The van der Waals surface area contributed by atoms with E-state index in [2.05, 4.69) is 27.7 Å². The molecular formula is C20H34O. The first kappa shape index (κ1) is 15.6. The molecule has 4 rings (SSSR count). The lowest BCUT2D eigenvalue weighted by Gasteiger charge is -2.57. The van der Waals surface area contributed by atoms with Crippen LogP contribution in [0.25, 0.3) is 0 Å². The van der Waals surface area contributed by atoms with Crippen molar-refractivity contribution in [2.45, 2.75) is 91.9 Å². The maximum atomic E-state index is 12.8. The molecule has 0 aromatic carbocycles. The Balaban J connectivity index is 1.95. The summed E-state index contributed by atoms with van der Waals surface area (Å²) in [5.74, 6) is 2.06. The summed E-state index contributed by atoms with van der Waals surface area (Å²) in [5.41, 5.74) is 0.899. The van der Waals surface area contributed by atoms with Gasteiger partial charge in [-0.1, -0.05) is 47.0 Å². The average Bonchev–Trinajstić information content (AvgIpc) is 2.39.